The molecule has 0 aliphatic rings. The molecule has 2 N–H and O–H groups in total. The maximum Gasteiger partial charge on any atom is 0.161 e. The fourth-order valence-electron chi connectivity index (χ4n) is 5.70. The molecule has 2 rings (SSSR count). The van der Waals surface area contributed by atoms with Gasteiger partial charge >= 0.3 is 0 Å². The minimum atomic E-state index is -0.852. The quantitative estimate of drug-likeness (QED) is 0.0763. The topological polar surface area (TPSA) is 77.4 Å². The zero-order valence-electron chi connectivity index (χ0n) is 30.0. The summed E-state index contributed by atoms with van der Waals surface area (Å²) in [5.41, 5.74) is 2.17. The van der Waals surface area contributed by atoms with Crippen LogP contribution in [0.15, 0.2) is 42.5 Å². The molecule has 0 aliphatic heterocycles. The van der Waals surface area contributed by atoms with E-state index in [9.17, 15) is 5.11 Å². The molecule has 0 aromatic heterocycles. The Hall–Kier alpha value is -2.28. The highest BCUT2D eigenvalue weighted by Gasteiger charge is 2.10. The van der Waals surface area contributed by atoms with Crippen molar-refractivity contribution in [2.24, 2.45) is 0 Å². The molecule has 1 atom stereocenters. The SMILES string of the molecule is CCCCCCCCCCCCOc1ccc(-c2ccc(OCCOCC(O)CO)cc2)cc1OCCCCCCCCCCCC. The Morgan fingerprint density at radius 1 is 0.489 bits per heavy atom. The molecular formula is C41H68O6. The summed E-state index contributed by atoms with van der Waals surface area (Å²) in [4.78, 5) is 0. The predicted octanol–water partition coefficient (Wildman–Crippen LogP) is 10.7. The van der Waals surface area contributed by atoms with Gasteiger partial charge in [0.2, 0.25) is 0 Å². The average molecular weight is 657 g/mol. The molecule has 1 unspecified atom stereocenters. The molecule has 2 aromatic rings. The molecule has 0 aliphatic carbocycles. The summed E-state index contributed by atoms with van der Waals surface area (Å²) in [7, 11) is 0. The third-order valence-electron chi connectivity index (χ3n) is 8.66. The van der Waals surface area contributed by atoms with Crippen LogP contribution >= 0.6 is 0 Å². The lowest BCUT2D eigenvalue weighted by Gasteiger charge is -2.15. The van der Waals surface area contributed by atoms with Crippen molar-refractivity contribution in [1.29, 1.82) is 0 Å². The number of aliphatic hydroxyl groups excluding tert-OH is 2. The first-order valence-corrected chi connectivity index (χ1v) is 19.2. The predicted molar refractivity (Wildman–Crippen MR) is 196 cm³/mol. The van der Waals surface area contributed by atoms with E-state index in [0.717, 1.165) is 47.8 Å². The van der Waals surface area contributed by atoms with Gasteiger partial charge in [-0.05, 0) is 48.2 Å². The van der Waals surface area contributed by atoms with Gasteiger partial charge in [0.05, 0.1) is 33.0 Å². The molecule has 0 bridgehead atoms. The van der Waals surface area contributed by atoms with Crippen LogP contribution in [0.2, 0.25) is 0 Å². The van der Waals surface area contributed by atoms with Crippen LogP contribution in [0.25, 0.3) is 11.1 Å². The van der Waals surface area contributed by atoms with Crippen molar-refractivity contribution in [1.82, 2.24) is 0 Å². The van der Waals surface area contributed by atoms with Crippen LogP contribution in [0.3, 0.4) is 0 Å². The zero-order valence-corrected chi connectivity index (χ0v) is 30.0. The molecular weight excluding hydrogens is 588 g/mol. The monoisotopic (exact) mass is 657 g/mol. The highest BCUT2D eigenvalue weighted by Crippen LogP contribution is 2.34. The van der Waals surface area contributed by atoms with E-state index in [1.165, 1.54) is 116 Å². The summed E-state index contributed by atoms with van der Waals surface area (Å²) < 4.78 is 23.7. The number of benzene rings is 2. The van der Waals surface area contributed by atoms with Crippen LogP contribution in [-0.2, 0) is 4.74 Å². The average Bonchev–Trinajstić information content (AvgIpc) is 3.10. The standard InChI is InChI=1S/C41H68O6/c1-3-5-7-9-11-13-15-17-19-21-29-46-40-28-25-37(33-41(40)47-30-22-20-18-16-14-12-10-8-6-4-2)36-23-26-39(27-24-36)45-32-31-44-35-38(43)34-42/h23-28,33,38,42-43H,3-22,29-32,34-35H2,1-2H3. The Labute approximate surface area is 287 Å². The van der Waals surface area contributed by atoms with Crippen LogP contribution in [-0.4, -0.2) is 56.0 Å². The maximum absolute atomic E-state index is 9.36. The highest BCUT2D eigenvalue weighted by molar-refractivity contribution is 5.67. The van der Waals surface area contributed by atoms with Gasteiger partial charge in [-0.15, -0.1) is 0 Å². The minimum absolute atomic E-state index is 0.0986. The van der Waals surface area contributed by atoms with E-state index in [1.807, 2.05) is 12.1 Å². The van der Waals surface area contributed by atoms with Gasteiger partial charge in [-0.1, -0.05) is 148 Å². The molecule has 0 saturated heterocycles. The Morgan fingerprint density at radius 2 is 0.957 bits per heavy atom. The van der Waals surface area contributed by atoms with Crippen molar-refractivity contribution >= 4 is 0 Å². The summed E-state index contributed by atoms with van der Waals surface area (Å²) in [6.07, 6.45) is 25.4. The Balaban J connectivity index is 1.82. The van der Waals surface area contributed by atoms with Crippen molar-refractivity contribution < 1.29 is 29.2 Å². The van der Waals surface area contributed by atoms with E-state index >= 15 is 0 Å². The number of hydrogen-bond donors (Lipinski definition) is 2. The number of unbranched alkanes of at least 4 members (excludes halogenated alkanes) is 18. The first-order valence-electron chi connectivity index (χ1n) is 19.2. The molecule has 6 nitrogen and oxygen atoms in total. The van der Waals surface area contributed by atoms with E-state index in [1.54, 1.807) is 0 Å². The summed E-state index contributed by atoms with van der Waals surface area (Å²) in [6.45, 7) is 6.49. The largest absolute Gasteiger partial charge is 0.491 e. The third-order valence-corrected chi connectivity index (χ3v) is 8.66. The Bertz CT molecular complexity index is 978. The van der Waals surface area contributed by atoms with Crippen molar-refractivity contribution in [2.45, 2.75) is 148 Å². The molecule has 2 aromatic carbocycles. The van der Waals surface area contributed by atoms with E-state index in [-0.39, 0.29) is 13.2 Å². The first kappa shape index (κ1) is 40.9. The summed E-state index contributed by atoms with van der Waals surface area (Å²) >= 11 is 0. The van der Waals surface area contributed by atoms with Crippen molar-refractivity contribution in [2.75, 3.05) is 39.6 Å². The molecule has 0 saturated carbocycles. The zero-order chi connectivity index (χ0) is 33.6. The normalized spacial score (nSPS) is 11.9. The lowest BCUT2D eigenvalue weighted by Crippen LogP contribution is -2.21. The number of ether oxygens (including phenoxy) is 4. The van der Waals surface area contributed by atoms with E-state index in [0.29, 0.717) is 19.8 Å². The second kappa shape index (κ2) is 28.7. The van der Waals surface area contributed by atoms with Gasteiger partial charge in [0.15, 0.2) is 11.5 Å². The molecule has 47 heavy (non-hydrogen) atoms. The fourth-order valence-corrected chi connectivity index (χ4v) is 5.70. The number of rotatable bonds is 32. The lowest BCUT2D eigenvalue weighted by molar-refractivity contribution is -0.00138. The number of hydrogen-bond acceptors (Lipinski definition) is 6. The molecule has 0 amide bonds. The lowest BCUT2D eigenvalue weighted by atomic mass is 10.0. The van der Waals surface area contributed by atoms with Crippen molar-refractivity contribution in [3.8, 4) is 28.4 Å². The van der Waals surface area contributed by atoms with Crippen LogP contribution < -0.4 is 14.2 Å². The third kappa shape index (κ3) is 20.6. The molecule has 0 fully saturated rings. The van der Waals surface area contributed by atoms with Crippen LogP contribution in [0.4, 0.5) is 0 Å². The van der Waals surface area contributed by atoms with E-state index in [4.69, 9.17) is 24.1 Å². The first-order chi connectivity index (χ1) is 23.2. The molecule has 0 spiro atoms. The van der Waals surface area contributed by atoms with Crippen molar-refractivity contribution in [3.05, 3.63) is 42.5 Å². The van der Waals surface area contributed by atoms with Gasteiger partial charge in [0, 0.05) is 0 Å². The van der Waals surface area contributed by atoms with Gasteiger partial charge < -0.3 is 29.2 Å². The molecule has 0 radical (unpaired) electrons. The van der Waals surface area contributed by atoms with Gasteiger partial charge in [0.1, 0.15) is 18.5 Å². The van der Waals surface area contributed by atoms with E-state index < -0.39 is 6.10 Å². The summed E-state index contributed by atoms with van der Waals surface area (Å²) in [6, 6.07) is 14.3. The van der Waals surface area contributed by atoms with Gasteiger partial charge in [0.25, 0.3) is 0 Å². The molecule has 6 heteroatoms. The van der Waals surface area contributed by atoms with E-state index in [2.05, 4.69) is 44.2 Å². The number of aliphatic hydroxyl groups is 2. The second-order valence-corrected chi connectivity index (χ2v) is 13.0. The van der Waals surface area contributed by atoms with Crippen LogP contribution in [0, 0.1) is 0 Å². The Morgan fingerprint density at radius 3 is 1.47 bits per heavy atom. The Kier molecular flexibility index (Phi) is 25.0. The van der Waals surface area contributed by atoms with Crippen LogP contribution in [0.5, 0.6) is 17.2 Å². The van der Waals surface area contributed by atoms with Gasteiger partial charge in [-0.3, -0.25) is 0 Å². The second-order valence-electron chi connectivity index (χ2n) is 13.0. The molecule has 268 valence electrons. The van der Waals surface area contributed by atoms with Crippen molar-refractivity contribution in [3.63, 3.8) is 0 Å². The van der Waals surface area contributed by atoms with Crippen LogP contribution in [0.1, 0.15) is 142 Å². The summed E-state index contributed by atoms with van der Waals surface area (Å²) in [5.74, 6) is 2.42. The van der Waals surface area contributed by atoms with Gasteiger partial charge in [-0.2, -0.15) is 0 Å². The summed E-state index contributed by atoms with van der Waals surface area (Å²) in [5, 5.41) is 18.2. The smallest absolute Gasteiger partial charge is 0.161 e. The fraction of sp³-hybridized carbons (Fsp3) is 0.707. The minimum Gasteiger partial charge on any atom is -0.491 e. The highest BCUT2D eigenvalue weighted by atomic mass is 16.5. The maximum atomic E-state index is 9.36. The van der Waals surface area contributed by atoms with Gasteiger partial charge in [-0.25, -0.2) is 0 Å². The molecule has 0 heterocycles.